The first kappa shape index (κ1) is 16.8. The number of para-hydroxylation sites is 1. The van der Waals surface area contributed by atoms with Gasteiger partial charge < -0.3 is 14.0 Å². The van der Waals surface area contributed by atoms with Gasteiger partial charge in [-0.05, 0) is 38.1 Å². The van der Waals surface area contributed by atoms with Gasteiger partial charge in [-0.2, -0.15) is 0 Å². The fourth-order valence-electron chi connectivity index (χ4n) is 3.98. The Labute approximate surface area is 161 Å². The second kappa shape index (κ2) is 5.58. The van der Waals surface area contributed by atoms with Gasteiger partial charge in [-0.3, -0.25) is 4.79 Å². The Balaban J connectivity index is 2.02. The van der Waals surface area contributed by atoms with E-state index in [-0.39, 0.29) is 5.43 Å². The van der Waals surface area contributed by atoms with E-state index < -0.39 is 5.60 Å². The zero-order chi connectivity index (χ0) is 19.6. The number of nitrogens with zero attached hydrogens (tertiary/aromatic N) is 2. The maximum atomic E-state index is 13.5. The second-order valence-electron chi connectivity index (χ2n) is 7.69. The summed E-state index contributed by atoms with van der Waals surface area (Å²) in [5, 5.41) is 2.06. The Hall–Kier alpha value is -3.34. The minimum Gasteiger partial charge on any atom is -0.496 e. The zero-order valence-corrected chi connectivity index (χ0v) is 16.2. The van der Waals surface area contributed by atoms with E-state index in [1.807, 2.05) is 74.0 Å². The molecule has 0 N–H and O–H groups in total. The average molecular weight is 372 g/mol. The van der Waals surface area contributed by atoms with E-state index in [1.54, 1.807) is 7.11 Å². The fraction of sp³-hybridized carbons (Fsp3) is 0.217. The summed E-state index contributed by atoms with van der Waals surface area (Å²) in [6.45, 7) is 3.99. The number of methoxy groups -OCH3 is 1. The molecule has 5 nitrogen and oxygen atoms in total. The molecule has 4 aromatic rings. The predicted octanol–water partition coefficient (Wildman–Crippen LogP) is 4.43. The van der Waals surface area contributed by atoms with Crippen molar-refractivity contribution in [2.75, 3.05) is 7.11 Å². The molecule has 0 saturated heterocycles. The van der Waals surface area contributed by atoms with E-state index in [1.165, 1.54) is 0 Å². The molecule has 0 saturated carbocycles. The van der Waals surface area contributed by atoms with Crippen molar-refractivity contribution < 1.29 is 9.47 Å². The Kier molecular flexibility index (Phi) is 3.35. The van der Waals surface area contributed by atoms with E-state index in [2.05, 4.69) is 0 Å². The summed E-state index contributed by atoms with van der Waals surface area (Å²) in [5.41, 5.74) is 2.63. The van der Waals surface area contributed by atoms with Crippen molar-refractivity contribution in [3.8, 4) is 11.5 Å². The monoisotopic (exact) mass is 372 g/mol. The zero-order valence-electron chi connectivity index (χ0n) is 16.2. The Bertz CT molecular complexity index is 1380. The molecule has 0 bridgehead atoms. The summed E-state index contributed by atoms with van der Waals surface area (Å²) < 4.78 is 13.7. The summed E-state index contributed by atoms with van der Waals surface area (Å²) in [5.74, 6) is 1.21. The van der Waals surface area contributed by atoms with E-state index in [4.69, 9.17) is 14.5 Å². The van der Waals surface area contributed by atoms with Gasteiger partial charge in [0.1, 0.15) is 22.7 Å². The maximum Gasteiger partial charge on any atom is 0.202 e. The van der Waals surface area contributed by atoms with Crippen LogP contribution < -0.4 is 14.9 Å². The van der Waals surface area contributed by atoms with Crippen LogP contribution in [0.1, 0.15) is 19.4 Å². The van der Waals surface area contributed by atoms with Gasteiger partial charge in [0.15, 0.2) is 0 Å². The number of ether oxygens (including phenoxy) is 2. The molecule has 28 heavy (non-hydrogen) atoms. The van der Waals surface area contributed by atoms with Crippen LogP contribution in [0.3, 0.4) is 0 Å². The van der Waals surface area contributed by atoms with Crippen molar-refractivity contribution in [3.63, 3.8) is 0 Å². The van der Waals surface area contributed by atoms with Gasteiger partial charge in [0.2, 0.25) is 5.43 Å². The molecular formula is C23H20N2O3. The van der Waals surface area contributed by atoms with Crippen LogP contribution in [0.15, 0.2) is 47.3 Å². The van der Waals surface area contributed by atoms with Crippen LogP contribution in [-0.2, 0) is 7.05 Å². The van der Waals surface area contributed by atoms with Crippen LogP contribution in [-0.4, -0.2) is 22.3 Å². The SMILES string of the molecule is COc1cc2c(c3c1c(=O)c1cc4ccccc4nc1n3C)C=CC(C)(C)O2. The average Bonchev–Trinajstić information content (AvgIpc) is 2.68. The highest BCUT2D eigenvalue weighted by molar-refractivity contribution is 6.03. The fourth-order valence-corrected chi connectivity index (χ4v) is 3.98. The van der Waals surface area contributed by atoms with Crippen molar-refractivity contribution in [1.29, 1.82) is 0 Å². The number of aromatic nitrogens is 2. The highest BCUT2D eigenvalue weighted by Gasteiger charge is 2.27. The van der Waals surface area contributed by atoms with Gasteiger partial charge in [-0.15, -0.1) is 0 Å². The quantitative estimate of drug-likeness (QED) is 0.464. The molecule has 0 amide bonds. The number of benzene rings is 2. The number of rotatable bonds is 1. The van der Waals surface area contributed by atoms with Crippen LogP contribution >= 0.6 is 0 Å². The van der Waals surface area contributed by atoms with Crippen molar-refractivity contribution in [1.82, 2.24) is 9.55 Å². The van der Waals surface area contributed by atoms with E-state index in [0.717, 1.165) is 22.0 Å². The lowest BCUT2D eigenvalue weighted by Gasteiger charge is -2.29. The Morgan fingerprint density at radius 1 is 1.18 bits per heavy atom. The molecule has 1 aliphatic rings. The molecule has 2 aromatic heterocycles. The van der Waals surface area contributed by atoms with Crippen LogP contribution in [0.25, 0.3) is 38.9 Å². The predicted molar refractivity (Wildman–Crippen MR) is 112 cm³/mol. The third-order valence-electron chi connectivity index (χ3n) is 5.34. The number of pyridine rings is 2. The summed E-state index contributed by atoms with van der Waals surface area (Å²) >= 11 is 0. The van der Waals surface area contributed by atoms with Gasteiger partial charge in [0.05, 0.1) is 28.9 Å². The molecule has 0 radical (unpaired) electrons. The number of hydrogen-bond acceptors (Lipinski definition) is 4. The second-order valence-corrected chi connectivity index (χ2v) is 7.69. The summed E-state index contributed by atoms with van der Waals surface area (Å²) in [7, 11) is 3.51. The number of aryl methyl sites for hydroxylation is 1. The third-order valence-corrected chi connectivity index (χ3v) is 5.34. The smallest absolute Gasteiger partial charge is 0.202 e. The third kappa shape index (κ3) is 2.26. The number of fused-ring (bicyclic) bond motifs is 5. The lowest BCUT2D eigenvalue weighted by atomic mass is 9.98. The molecule has 0 fully saturated rings. The minimum atomic E-state index is -0.421. The van der Waals surface area contributed by atoms with Crippen LogP contribution in [0, 0.1) is 0 Å². The first-order valence-corrected chi connectivity index (χ1v) is 9.21. The van der Waals surface area contributed by atoms with Crippen molar-refractivity contribution in [2.24, 2.45) is 7.05 Å². The van der Waals surface area contributed by atoms with Crippen molar-refractivity contribution >= 4 is 38.9 Å². The number of hydrogen-bond donors (Lipinski definition) is 0. The van der Waals surface area contributed by atoms with Crippen molar-refractivity contribution in [3.05, 3.63) is 58.3 Å². The van der Waals surface area contributed by atoms with Crippen LogP contribution in [0.2, 0.25) is 0 Å². The summed E-state index contributed by atoms with van der Waals surface area (Å²) in [6, 6.07) is 11.5. The molecule has 3 heterocycles. The molecule has 0 aliphatic carbocycles. The summed E-state index contributed by atoms with van der Waals surface area (Å²) in [4.78, 5) is 18.3. The van der Waals surface area contributed by atoms with Gasteiger partial charge in [-0.25, -0.2) is 4.98 Å². The lowest BCUT2D eigenvalue weighted by molar-refractivity contribution is 0.159. The largest absolute Gasteiger partial charge is 0.496 e. The molecule has 0 atom stereocenters. The van der Waals surface area contributed by atoms with Crippen molar-refractivity contribution in [2.45, 2.75) is 19.4 Å². The molecule has 2 aromatic carbocycles. The normalized spacial score (nSPS) is 15.0. The molecule has 0 unspecified atom stereocenters. The highest BCUT2D eigenvalue weighted by atomic mass is 16.5. The molecule has 0 spiro atoms. The topological polar surface area (TPSA) is 53.3 Å². The minimum absolute atomic E-state index is 0.0840. The standard InChI is InChI=1S/C23H20N2O3/c1-23(2)10-9-14-17(28-23)12-18(27-4)19-20(14)25(3)22-15(21(19)26)11-13-7-5-6-8-16(13)24-22/h5-12H,1-4H3. The first-order valence-electron chi connectivity index (χ1n) is 9.21. The van der Waals surface area contributed by atoms with Gasteiger partial charge in [-0.1, -0.05) is 18.2 Å². The first-order chi connectivity index (χ1) is 13.4. The van der Waals surface area contributed by atoms with Gasteiger partial charge in [0, 0.05) is 24.1 Å². The molecular weight excluding hydrogens is 352 g/mol. The van der Waals surface area contributed by atoms with E-state index >= 15 is 0 Å². The Morgan fingerprint density at radius 3 is 2.75 bits per heavy atom. The van der Waals surface area contributed by atoms with Gasteiger partial charge in [0.25, 0.3) is 0 Å². The maximum absolute atomic E-state index is 13.5. The molecule has 5 rings (SSSR count). The Morgan fingerprint density at radius 2 is 1.96 bits per heavy atom. The summed E-state index contributed by atoms with van der Waals surface area (Å²) in [6.07, 6.45) is 4.02. The van der Waals surface area contributed by atoms with E-state index in [9.17, 15) is 4.79 Å². The lowest BCUT2D eigenvalue weighted by Crippen LogP contribution is -2.28. The van der Waals surface area contributed by atoms with Crippen LogP contribution in [0.5, 0.6) is 11.5 Å². The van der Waals surface area contributed by atoms with Crippen LogP contribution in [0.4, 0.5) is 0 Å². The highest BCUT2D eigenvalue weighted by Crippen LogP contribution is 2.40. The van der Waals surface area contributed by atoms with E-state index in [0.29, 0.717) is 27.9 Å². The molecule has 5 heteroatoms. The molecule has 1 aliphatic heterocycles. The molecule has 140 valence electrons. The van der Waals surface area contributed by atoms with Gasteiger partial charge >= 0.3 is 0 Å².